The highest BCUT2D eigenvalue weighted by atomic mass is 16.2. The number of para-hydroxylation sites is 1. The normalized spacial score (nSPS) is 10.8. The van der Waals surface area contributed by atoms with Crippen molar-refractivity contribution < 1.29 is 4.79 Å². The van der Waals surface area contributed by atoms with Gasteiger partial charge >= 0.3 is 0 Å². The lowest BCUT2D eigenvalue weighted by molar-refractivity contribution is -0.119. The minimum Gasteiger partial charge on any atom is -0.361 e. The molecular weight excluding hydrogens is 288 g/mol. The first-order chi connectivity index (χ1) is 11.3. The Hall–Kier alpha value is -3.21. The zero-order valence-corrected chi connectivity index (χ0v) is 12.4. The van der Waals surface area contributed by atoms with E-state index < -0.39 is 0 Å². The van der Waals surface area contributed by atoms with Crippen LogP contribution >= 0.6 is 0 Å². The Morgan fingerprint density at radius 2 is 1.78 bits per heavy atom. The fraction of sp³-hybridized carbons (Fsp3) is 0.0556. The number of hydrogen-bond acceptors (Lipinski definition) is 4. The van der Waals surface area contributed by atoms with Gasteiger partial charge in [0.1, 0.15) is 5.82 Å². The van der Waals surface area contributed by atoms with Crippen LogP contribution < -0.4 is 10.7 Å². The standard InChI is InChI=1S/C18H16N4O/c23-18(22-20-12-14-6-2-1-3-7-14)13-19-17-11-10-15-8-4-5-9-16(15)21-17/h1-12H,13H2,(H,19,21)(H,22,23)/b20-12+. The molecule has 114 valence electrons. The molecule has 0 atom stereocenters. The van der Waals surface area contributed by atoms with E-state index in [4.69, 9.17) is 0 Å². The van der Waals surface area contributed by atoms with E-state index in [-0.39, 0.29) is 12.5 Å². The van der Waals surface area contributed by atoms with Crippen LogP contribution in [0.1, 0.15) is 5.56 Å². The van der Waals surface area contributed by atoms with E-state index in [9.17, 15) is 4.79 Å². The van der Waals surface area contributed by atoms with Gasteiger partial charge in [0.15, 0.2) is 0 Å². The van der Waals surface area contributed by atoms with E-state index in [1.807, 2.05) is 66.7 Å². The van der Waals surface area contributed by atoms with Crippen molar-refractivity contribution in [1.82, 2.24) is 10.4 Å². The highest BCUT2D eigenvalue weighted by Crippen LogP contribution is 2.14. The molecule has 0 spiro atoms. The number of amides is 1. The molecule has 3 rings (SSSR count). The predicted molar refractivity (Wildman–Crippen MR) is 92.4 cm³/mol. The summed E-state index contributed by atoms with van der Waals surface area (Å²) in [6.07, 6.45) is 1.60. The van der Waals surface area contributed by atoms with E-state index >= 15 is 0 Å². The zero-order valence-electron chi connectivity index (χ0n) is 12.4. The molecule has 23 heavy (non-hydrogen) atoms. The summed E-state index contributed by atoms with van der Waals surface area (Å²) in [5.74, 6) is 0.429. The van der Waals surface area contributed by atoms with Crippen LogP contribution in [0, 0.1) is 0 Å². The molecule has 0 radical (unpaired) electrons. The molecule has 1 amide bonds. The molecule has 0 unspecified atom stereocenters. The van der Waals surface area contributed by atoms with Gasteiger partial charge in [-0.15, -0.1) is 0 Å². The van der Waals surface area contributed by atoms with Gasteiger partial charge in [-0.25, -0.2) is 10.4 Å². The Balaban J connectivity index is 1.52. The second kappa shape index (κ2) is 7.17. The highest BCUT2D eigenvalue weighted by molar-refractivity contribution is 5.85. The number of hydrazone groups is 1. The maximum absolute atomic E-state index is 11.8. The van der Waals surface area contributed by atoms with E-state index in [1.165, 1.54) is 0 Å². The van der Waals surface area contributed by atoms with E-state index in [1.54, 1.807) is 6.21 Å². The van der Waals surface area contributed by atoms with Crippen molar-refractivity contribution in [2.75, 3.05) is 11.9 Å². The number of anilines is 1. The lowest BCUT2D eigenvalue weighted by Crippen LogP contribution is -2.26. The van der Waals surface area contributed by atoms with Gasteiger partial charge in [-0.2, -0.15) is 5.10 Å². The summed E-state index contributed by atoms with van der Waals surface area (Å²) in [6.45, 7) is 0.109. The molecule has 0 aliphatic rings. The molecule has 5 heteroatoms. The summed E-state index contributed by atoms with van der Waals surface area (Å²) >= 11 is 0. The topological polar surface area (TPSA) is 66.4 Å². The average Bonchev–Trinajstić information content (AvgIpc) is 2.61. The second-order valence-electron chi connectivity index (χ2n) is 4.95. The molecule has 0 aliphatic heterocycles. The monoisotopic (exact) mass is 304 g/mol. The van der Waals surface area contributed by atoms with Crippen molar-refractivity contribution in [2.45, 2.75) is 0 Å². The second-order valence-corrected chi connectivity index (χ2v) is 4.95. The maximum atomic E-state index is 11.8. The number of fused-ring (bicyclic) bond motifs is 1. The molecule has 2 aromatic carbocycles. The SMILES string of the molecule is O=C(CNc1ccc2ccccc2n1)N/N=C/c1ccccc1. The van der Waals surface area contributed by atoms with Crippen molar-refractivity contribution in [3.05, 3.63) is 72.3 Å². The van der Waals surface area contributed by atoms with Gasteiger partial charge in [-0.3, -0.25) is 4.79 Å². The van der Waals surface area contributed by atoms with Crippen LogP contribution in [0.2, 0.25) is 0 Å². The number of carbonyl (C=O) groups is 1. The van der Waals surface area contributed by atoms with Gasteiger partial charge in [0, 0.05) is 5.39 Å². The number of benzene rings is 2. The fourth-order valence-corrected chi connectivity index (χ4v) is 2.09. The lowest BCUT2D eigenvalue weighted by atomic mass is 10.2. The molecule has 3 aromatic rings. The van der Waals surface area contributed by atoms with Crippen LogP contribution in [0.25, 0.3) is 10.9 Å². The minimum absolute atomic E-state index is 0.109. The summed E-state index contributed by atoms with van der Waals surface area (Å²) in [5.41, 5.74) is 4.30. The summed E-state index contributed by atoms with van der Waals surface area (Å²) in [4.78, 5) is 16.2. The van der Waals surface area contributed by atoms with Gasteiger partial charge in [-0.05, 0) is 23.8 Å². The summed E-state index contributed by atoms with van der Waals surface area (Å²) in [6, 6.07) is 21.2. The van der Waals surface area contributed by atoms with Crippen molar-refractivity contribution in [3.63, 3.8) is 0 Å². The van der Waals surface area contributed by atoms with Gasteiger partial charge in [0.05, 0.1) is 18.3 Å². The van der Waals surface area contributed by atoms with Crippen LogP contribution in [-0.2, 0) is 4.79 Å². The van der Waals surface area contributed by atoms with Crippen LogP contribution in [0.4, 0.5) is 5.82 Å². The molecule has 1 aromatic heterocycles. The molecule has 2 N–H and O–H groups in total. The van der Waals surface area contributed by atoms with Gasteiger partial charge in [0.2, 0.25) is 0 Å². The van der Waals surface area contributed by atoms with Gasteiger partial charge in [0.25, 0.3) is 5.91 Å². The molecule has 0 saturated carbocycles. The quantitative estimate of drug-likeness (QED) is 0.562. The Kier molecular flexibility index (Phi) is 4.59. The van der Waals surface area contributed by atoms with Crippen molar-refractivity contribution in [1.29, 1.82) is 0 Å². The zero-order chi connectivity index (χ0) is 15.9. The van der Waals surface area contributed by atoms with Crippen LogP contribution in [-0.4, -0.2) is 23.7 Å². The largest absolute Gasteiger partial charge is 0.361 e. The number of pyridine rings is 1. The molecule has 0 saturated heterocycles. The van der Waals surface area contributed by atoms with E-state index in [0.29, 0.717) is 5.82 Å². The van der Waals surface area contributed by atoms with Crippen LogP contribution in [0.5, 0.6) is 0 Å². The summed E-state index contributed by atoms with van der Waals surface area (Å²) < 4.78 is 0. The average molecular weight is 304 g/mol. The summed E-state index contributed by atoms with van der Waals surface area (Å²) in [5, 5.41) is 7.97. The number of rotatable bonds is 5. The molecule has 0 bridgehead atoms. The number of aromatic nitrogens is 1. The van der Waals surface area contributed by atoms with Crippen LogP contribution in [0.15, 0.2) is 71.8 Å². The van der Waals surface area contributed by atoms with Crippen molar-refractivity contribution in [3.8, 4) is 0 Å². The Labute approximate surface area is 134 Å². The number of hydrogen-bond donors (Lipinski definition) is 2. The molecule has 5 nitrogen and oxygen atoms in total. The molecular formula is C18H16N4O. The van der Waals surface area contributed by atoms with Gasteiger partial charge in [-0.1, -0.05) is 48.5 Å². The lowest BCUT2D eigenvalue weighted by Gasteiger charge is -2.05. The Bertz CT molecular complexity index is 831. The molecule has 0 fully saturated rings. The fourth-order valence-electron chi connectivity index (χ4n) is 2.09. The first-order valence-electron chi connectivity index (χ1n) is 7.28. The number of nitrogens with zero attached hydrogens (tertiary/aromatic N) is 2. The predicted octanol–water partition coefficient (Wildman–Crippen LogP) is 2.80. The Morgan fingerprint density at radius 1 is 1.00 bits per heavy atom. The Morgan fingerprint density at radius 3 is 2.65 bits per heavy atom. The first-order valence-corrected chi connectivity index (χ1v) is 7.28. The van der Waals surface area contributed by atoms with Crippen molar-refractivity contribution in [2.24, 2.45) is 5.10 Å². The van der Waals surface area contributed by atoms with Gasteiger partial charge < -0.3 is 5.32 Å². The third-order valence-electron chi connectivity index (χ3n) is 3.23. The minimum atomic E-state index is -0.230. The third-order valence-corrected chi connectivity index (χ3v) is 3.23. The number of carbonyl (C=O) groups excluding carboxylic acids is 1. The smallest absolute Gasteiger partial charge is 0.259 e. The maximum Gasteiger partial charge on any atom is 0.259 e. The molecule has 0 aliphatic carbocycles. The number of nitrogens with one attached hydrogen (secondary N) is 2. The van der Waals surface area contributed by atoms with E-state index in [0.717, 1.165) is 16.5 Å². The molecule has 1 heterocycles. The van der Waals surface area contributed by atoms with Crippen molar-refractivity contribution >= 4 is 28.8 Å². The van der Waals surface area contributed by atoms with Crippen LogP contribution in [0.3, 0.4) is 0 Å². The van der Waals surface area contributed by atoms with E-state index in [2.05, 4.69) is 20.8 Å². The third kappa shape index (κ3) is 4.14. The summed E-state index contributed by atoms with van der Waals surface area (Å²) in [7, 11) is 0. The highest BCUT2D eigenvalue weighted by Gasteiger charge is 2.01. The first kappa shape index (κ1) is 14.7.